The third-order valence-electron chi connectivity index (χ3n) is 3.26. The van der Waals surface area contributed by atoms with Crippen molar-refractivity contribution in [3.63, 3.8) is 0 Å². The van der Waals surface area contributed by atoms with E-state index in [1.807, 2.05) is 26.2 Å². The minimum absolute atomic E-state index is 0.191. The molecule has 1 fully saturated rings. The topological polar surface area (TPSA) is 80.5 Å². The number of thiazole rings is 1. The van der Waals surface area contributed by atoms with Crippen LogP contribution < -0.4 is 11.1 Å². The number of rotatable bonds is 3. The van der Waals surface area contributed by atoms with Crippen LogP contribution in [0.1, 0.15) is 39.3 Å². The van der Waals surface area contributed by atoms with Crippen LogP contribution in [0.25, 0.3) is 0 Å². The number of alkyl carbamates (subject to hydrolysis) is 1. The Morgan fingerprint density at radius 2 is 2.19 bits per heavy atom. The molecule has 3 N–H and O–H groups in total. The molecule has 0 unspecified atom stereocenters. The first-order valence-electron chi connectivity index (χ1n) is 7.23. The highest BCUT2D eigenvalue weighted by atomic mass is 32.1. The van der Waals surface area contributed by atoms with E-state index < -0.39 is 5.60 Å². The predicted molar refractivity (Wildman–Crippen MR) is 84.2 cm³/mol. The van der Waals surface area contributed by atoms with Crippen LogP contribution in [0.2, 0.25) is 0 Å². The average Bonchev–Trinajstić information content (AvgIpc) is 2.75. The molecule has 0 spiro atoms. The molecule has 118 valence electrons. The monoisotopic (exact) mass is 312 g/mol. The van der Waals surface area contributed by atoms with Crippen LogP contribution in [0, 0.1) is 0 Å². The summed E-state index contributed by atoms with van der Waals surface area (Å²) in [7, 11) is 0. The van der Waals surface area contributed by atoms with Gasteiger partial charge in [-0.1, -0.05) is 0 Å². The summed E-state index contributed by atoms with van der Waals surface area (Å²) in [4.78, 5) is 18.3. The molecule has 2 heterocycles. The van der Waals surface area contributed by atoms with Gasteiger partial charge in [0.1, 0.15) is 5.60 Å². The third kappa shape index (κ3) is 5.51. The number of hydrogen-bond acceptors (Lipinski definition) is 6. The van der Waals surface area contributed by atoms with Crippen molar-refractivity contribution in [2.75, 3.05) is 18.8 Å². The molecule has 0 aliphatic carbocycles. The molecule has 1 aromatic rings. The van der Waals surface area contributed by atoms with Gasteiger partial charge in [0.25, 0.3) is 0 Å². The van der Waals surface area contributed by atoms with Gasteiger partial charge in [-0.05, 0) is 33.6 Å². The second-order valence-corrected chi connectivity index (χ2v) is 7.26. The second-order valence-electron chi connectivity index (χ2n) is 6.37. The molecule has 21 heavy (non-hydrogen) atoms. The number of likely N-dealkylation sites (tertiary alicyclic amines) is 1. The zero-order chi connectivity index (χ0) is 15.5. The number of aromatic nitrogens is 1. The van der Waals surface area contributed by atoms with E-state index in [-0.39, 0.29) is 12.1 Å². The highest BCUT2D eigenvalue weighted by Gasteiger charge is 2.23. The van der Waals surface area contributed by atoms with Gasteiger partial charge in [-0.3, -0.25) is 4.90 Å². The molecule has 1 saturated heterocycles. The molecule has 1 aliphatic heterocycles. The second kappa shape index (κ2) is 6.62. The molecule has 6 nitrogen and oxygen atoms in total. The lowest BCUT2D eigenvalue weighted by atomic mass is 10.1. The Balaban J connectivity index is 1.72. The highest BCUT2D eigenvalue weighted by Crippen LogP contribution is 2.17. The summed E-state index contributed by atoms with van der Waals surface area (Å²) < 4.78 is 5.28. The van der Waals surface area contributed by atoms with Crippen molar-refractivity contribution in [2.45, 2.75) is 51.8 Å². The van der Waals surface area contributed by atoms with Crippen molar-refractivity contribution in [3.05, 3.63) is 11.1 Å². The molecule has 0 aromatic carbocycles. The number of amides is 1. The van der Waals surface area contributed by atoms with Gasteiger partial charge in [0.15, 0.2) is 5.13 Å². The van der Waals surface area contributed by atoms with E-state index in [2.05, 4.69) is 15.2 Å². The van der Waals surface area contributed by atoms with Gasteiger partial charge in [0.05, 0.1) is 5.69 Å². The molecule has 2 rings (SSSR count). The van der Waals surface area contributed by atoms with Crippen molar-refractivity contribution >= 4 is 22.6 Å². The van der Waals surface area contributed by atoms with Crippen LogP contribution in [0.15, 0.2) is 5.38 Å². The van der Waals surface area contributed by atoms with Crippen LogP contribution in [-0.2, 0) is 11.3 Å². The Morgan fingerprint density at radius 1 is 1.52 bits per heavy atom. The number of ether oxygens (including phenoxy) is 1. The number of nitrogen functional groups attached to an aromatic ring is 1. The molecular formula is C14H24N4O2S. The van der Waals surface area contributed by atoms with Crippen molar-refractivity contribution < 1.29 is 9.53 Å². The van der Waals surface area contributed by atoms with Crippen molar-refractivity contribution in [2.24, 2.45) is 0 Å². The Labute approximate surface area is 129 Å². The van der Waals surface area contributed by atoms with E-state index in [0.717, 1.165) is 38.2 Å². The van der Waals surface area contributed by atoms with Crippen LogP contribution in [0.3, 0.4) is 0 Å². The number of anilines is 1. The minimum Gasteiger partial charge on any atom is -0.444 e. The van der Waals surface area contributed by atoms with E-state index in [4.69, 9.17) is 10.5 Å². The molecule has 1 aliphatic rings. The Bertz CT molecular complexity index is 476. The number of nitrogens with two attached hydrogens (primary N) is 1. The third-order valence-corrected chi connectivity index (χ3v) is 3.99. The fourth-order valence-electron chi connectivity index (χ4n) is 2.33. The molecule has 0 saturated carbocycles. The fraction of sp³-hybridized carbons (Fsp3) is 0.714. The largest absolute Gasteiger partial charge is 0.444 e. The molecular weight excluding hydrogens is 288 g/mol. The van der Waals surface area contributed by atoms with Crippen LogP contribution in [-0.4, -0.2) is 40.7 Å². The summed E-state index contributed by atoms with van der Waals surface area (Å²) in [6.45, 7) is 8.32. The molecule has 0 radical (unpaired) electrons. The first-order chi connectivity index (χ1) is 9.82. The highest BCUT2D eigenvalue weighted by molar-refractivity contribution is 7.13. The fourth-order valence-corrected chi connectivity index (χ4v) is 2.89. The molecule has 0 bridgehead atoms. The number of carbonyl (C=O) groups excluding carboxylic acids is 1. The van der Waals surface area contributed by atoms with Gasteiger partial charge in [0, 0.05) is 31.1 Å². The van der Waals surface area contributed by atoms with Crippen LogP contribution >= 0.6 is 11.3 Å². The number of hydrogen-bond donors (Lipinski definition) is 2. The zero-order valence-electron chi connectivity index (χ0n) is 12.9. The molecule has 1 aromatic heterocycles. The molecule has 7 heteroatoms. The standard InChI is InChI=1S/C14H24N4O2S/c1-14(2,3)20-13(19)17-10-4-6-18(7-5-10)8-11-9-21-12(15)16-11/h9-10H,4-8H2,1-3H3,(H2,15,16)(H,17,19). The SMILES string of the molecule is CC(C)(C)OC(=O)NC1CCN(Cc2csc(N)n2)CC1. The first-order valence-corrected chi connectivity index (χ1v) is 8.11. The van der Waals surface area contributed by atoms with Crippen molar-refractivity contribution in [1.29, 1.82) is 0 Å². The summed E-state index contributed by atoms with van der Waals surface area (Å²) >= 11 is 1.47. The van der Waals surface area contributed by atoms with E-state index in [9.17, 15) is 4.79 Å². The molecule has 1 amide bonds. The summed E-state index contributed by atoms with van der Waals surface area (Å²) in [6.07, 6.45) is 1.53. The molecule has 0 atom stereocenters. The van der Waals surface area contributed by atoms with E-state index in [0.29, 0.717) is 5.13 Å². The summed E-state index contributed by atoms with van der Waals surface area (Å²) in [6, 6.07) is 0.191. The lowest BCUT2D eigenvalue weighted by Gasteiger charge is -2.32. The van der Waals surface area contributed by atoms with Gasteiger partial charge in [0.2, 0.25) is 0 Å². The van der Waals surface area contributed by atoms with Gasteiger partial charge in [-0.2, -0.15) is 0 Å². The number of carbonyl (C=O) groups is 1. The van der Waals surface area contributed by atoms with E-state index in [1.165, 1.54) is 11.3 Å². The minimum atomic E-state index is -0.449. The predicted octanol–water partition coefficient (Wildman–Crippen LogP) is 2.21. The van der Waals surface area contributed by atoms with Crippen LogP contribution in [0.5, 0.6) is 0 Å². The van der Waals surface area contributed by atoms with E-state index in [1.54, 1.807) is 0 Å². The average molecular weight is 312 g/mol. The number of nitrogens with one attached hydrogen (secondary N) is 1. The van der Waals surface area contributed by atoms with Gasteiger partial charge >= 0.3 is 6.09 Å². The lowest BCUT2D eigenvalue weighted by Crippen LogP contribution is -2.45. The Hall–Kier alpha value is -1.34. The maximum atomic E-state index is 11.7. The summed E-state index contributed by atoms with van der Waals surface area (Å²) in [5.74, 6) is 0. The van der Waals surface area contributed by atoms with Crippen molar-refractivity contribution in [3.8, 4) is 0 Å². The number of piperidine rings is 1. The smallest absolute Gasteiger partial charge is 0.407 e. The lowest BCUT2D eigenvalue weighted by molar-refractivity contribution is 0.0477. The van der Waals surface area contributed by atoms with Gasteiger partial charge in [-0.15, -0.1) is 11.3 Å². The van der Waals surface area contributed by atoms with Gasteiger partial charge in [-0.25, -0.2) is 9.78 Å². The summed E-state index contributed by atoms with van der Waals surface area (Å²) in [5, 5.41) is 5.56. The Kier molecular flexibility index (Phi) is 5.05. The maximum Gasteiger partial charge on any atom is 0.407 e. The van der Waals surface area contributed by atoms with Gasteiger partial charge < -0.3 is 15.8 Å². The zero-order valence-corrected chi connectivity index (χ0v) is 13.7. The maximum absolute atomic E-state index is 11.7. The Morgan fingerprint density at radius 3 is 2.71 bits per heavy atom. The number of nitrogens with zero attached hydrogens (tertiary/aromatic N) is 2. The van der Waals surface area contributed by atoms with E-state index >= 15 is 0 Å². The van der Waals surface area contributed by atoms with Crippen molar-refractivity contribution in [1.82, 2.24) is 15.2 Å². The normalized spacial score (nSPS) is 17.7. The summed E-state index contributed by atoms with van der Waals surface area (Å²) in [5.41, 5.74) is 6.21. The van der Waals surface area contributed by atoms with Crippen LogP contribution in [0.4, 0.5) is 9.93 Å². The first kappa shape index (κ1) is 16.0. The quantitative estimate of drug-likeness (QED) is 0.894.